The standard InChI is InChI=1S/C13H17BrN2O3/c1-3-11(13(18)19-2)15-8-12(17)16-10-6-4-9(14)5-7-10/h4-7,11,15H,3,8H2,1-2H3,(H,16,17)/t11-/m0/s1. The van der Waals surface area contributed by atoms with Crippen LogP contribution in [0, 0.1) is 0 Å². The van der Waals surface area contributed by atoms with E-state index in [1.165, 1.54) is 7.11 Å². The fourth-order valence-corrected chi connectivity index (χ4v) is 1.76. The number of carbonyl (C=O) groups excluding carboxylic acids is 2. The second-order valence-corrected chi connectivity index (χ2v) is 4.84. The van der Waals surface area contributed by atoms with E-state index < -0.39 is 6.04 Å². The van der Waals surface area contributed by atoms with Crippen LogP contribution in [0.5, 0.6) is 0 Å². The highest BCUT2D eigenvalue weighted by molar-refractivity contribution is 9.10. The van der Waals surface area contributed by atoms with E-state index in [0.717, 1.165) is 4.47 Å². The van der Waals surface area contributed by atoms with E-state index in [9.17, 15) is 9.59 Å². The van der Waals surface area contributed by atoms with Crippen molar-refractivity contribution in [1.82, 2.24) is 5.32 Å². The van der Waals surface area contributed by atoms with Gasteiger partial charge in [-0.15, -0.1) is 0 Å². The number of amides is 1. The summed E-state index contributed by atoms with van der Waals surface area (Å²) in [5.41, 5.74) is 0.709. The van der Waals surface area contributed by atoms with Gasteiger partial charge in [-0.25, -0.2) is 0 Å². The molecule has 1 amide bonds. The van der Waals surface area contributed by atoms with Crippen molar-refractivity contribution >= 4 is 33.5 Å². The Morgan fingerprint density at radius 3 is 2.47 bits per heavy atom. The Hall–Kier alpha value is -1.40. The monoisotopic (exact) mass is 328 g/mol. The lowest BCUT2D eigenvalue weighted by Crippen LogP contribution is -2.41. The van der Waals surface area contributed by atoms with Crippen LogP contribution in [0.25, 0.3) is 0 Å². The number of carbonyl (C=O) groups is 2. The summed E-state index contributed by atoms with van der Waals surface area (Å²) in [6, 6.07) is 6.80. The van der Waals surface area contributed by atoms with Crippen LogP contribution >= 0.6 is 15.9 Å². The zero-order valence-corrected chi connectivity index (χ0v) is 12.5. The zero-order valence-electron chi connectivity index (χ0n) is 10.9. The number of ether oxygens (including phenoxy) is 1. The molecule has 0 bridgehead atoms. The molecule has 0 aromatic heterocycles. The topological polar surface area (TPSA) is 67.4 Å². The van der Waals surface area contributed by atoms with Crippen LogP contribution in [0.15, 0.2) is 28.7 Å². The highest BCUT2D eigenvalue weighted by Gasteiger charge is 2.17. The van der Waals surface area contributed by atoms with Crippen molar-refractivity contribution in [2.75, 3.05) is 19.0 Å². The SMILES string of the molecule is CC[C@H](NCC(=O)Nc1ccc(Br)cc1)C(=O)OC. The van der Waals surface area contributed by atoms with E-state index in [-0.39, 0.29) is 18.4 Å². The first kappa shape index (κ1) is 15.7. The van der Waals surface area contributed by atoms with Gasteiger partial charge in [0.15, 0.2) is 0 Å². The lowest BCUT2D eigenvalue weighted by molar-refractivity contribution is -0.143. The molecule has 0 saturated heterocycles. The summed E-state index contributed by atoms with van der Waals surface area (Å²) in [7, 11) is 1.33. The number of hydrogen-bond donors (Lipinski definition) is 2. The molecular weight excluding hydrogens is 312 g/mol. The fraction of sp³-hybridized carbons (Fsp3) is 0.385. The van der Waals surface area contributed by atoms with Crippen LogP contribution in [0.3, 0.4) is 0 Å². The van der Waals surface area contributed by atoms with Crippen LogP contribution < -0.4 is 10.6 Å². The van der Waals surface area contributed by atoms with Crippen molar-refractivity contribution in [3.05, 3.63) is 28.7 Å². The summed E-state index contributed by atoms with van der Waals surface area (Å²) in [6.07, 6.45) is 0.568. The van der Waals surface area contributed by atoms with Crippen molar-refractivity contribution in [2.24, 2.45) is 0 Å². The Labute approximate surface area is 120 Å². The number of rotatable bonds is 6. The van der Waals surface area contributed by atoms with Crippen molar-refractivity contribution in [2.45, 2.75) is 19.4 Å². The molecule has 6 heteroatoms. The maximum absolute atomic E-state index is 11.7. The first-order valence-corrected chi connectivity index (χ1v) is 6.72. The second-order valence-electron chi connectivity index (χ2n) is 3.92. The average molecular weight is 329 g/mol. The Morgan fingerprint density at radius 2 is 1.95 bits per heavy atom. The molecule has 0 radical (unpaired) electrons. The Balaban J connectivity index is 2.43. The van der Waals surface area contributed by atoms with Gasteiger partial charge >= 0.3 is 5.97 Å². The largest absolute Gasteiger partial charge is 0.468 e. The number of hydrogen-bond acceptors (Lipinski definition) is 4. The highest BCUT2D eigenvalue weighted by Crippen LogP contribution is 2.13. The van der Waals surface area contributed by atoms with Gasteiger partial charge in [-0.2, -0.15) is 0 Å². The molecule has 1 aromatic rings. The third kappa shape index (κ3) is 5.40. The number of benzene rings is 1. The normalized spacial score (nSPS) is 11.7. The van der Waals surface area contributed by atoms with E-state index in [2.05, 4.69) is 31.3 Å². The Kier molecular flexibility index (Phi) is 6.52. The maximum atomic E-state index is 11.7. The third-order valence-electron chi connectivity index (χ3n) is 2.53. The molecule has 0 heterocycles. The Bertz CT molecular complexity index is 434. The van der Waals surface area contributed by atoms with E-state index in [1.807, 2.05) is 19.1 Å². The summed E-state index contributed by atoms with van der Waals surface area (Å²) >= 11 is 3.32. The smallest absolute Gasteiger partial charge is 0.322 e. The van der Waals surface area contributed by atoms with Crippen LogP contribution in [-0.2, 0) is 14.3 Å². The molecule has 1 rings (SSSR count). The molecule has 0 saturated carbocycles. The highest BCUT2D eigenvalue weighted by atomic mass is 79.9. The van der Waals surface area contributed by atoms with Gasteiger partial charge in [0.2, 0.25) is 5.91 Å². The summed E-state index contributed by atoms with van der Waals surface area (Å²) < 4.78 is 5.57. The third-order valence-corrected chi connectivity index (χ3v) is 3.06. The molecule has 104 valence electrons. The summed E-state index contributed by atoms with van der Waals surface area (Å²) in [6.45, 7) is 1.91. The molecule has 1 atom stereocenters. The van der Waals surface area contributed by atoms with Crippen molar-refractivity contribution < 1.29 is 14.3 Å². The fourth-order valence-electron chi connectivity index (χ4n) is 1.49. The molecule has 1 aromatic carbocycles. The number of nitrogens with one attached hydrogen (secondary N) is 2. The molecule has 0 aliphatic carbocycles. The molecule has 2 N–H and O–H groups in total. The summed E-state index contributed by atoms with van der Waals surface area (Å²) in [5.74, 6) is -0.566. The van der Waals surface area contributed by atoms with Gasteiger partial charge in [0.05, 0.1) is 13.7 Å². The minimum Gasteiger partial charge on any atom is -0.468 e. The summed E-state index contributed by atoms with van der Waals surface area (Å²) in [5, 5.41) is 5.59. The predicted octanol–water partition coefficient (Wildman–Crippen LogP) is 1.93. The number of esters is 1. The van der Waals surface area contributed by atoms with E-state index in [4.69, 9.17) is 0 Å². The van der Waals surface area contributed by atoms with E-state index in [0.29, 0.717) is 12.1 Å². The van der Waals surface area contributed by atoms with Gasteiger partial charge < -0.3 is 10.1 Å². The van der Waals surface area contributed by atoms with Crippen LogP contribution in [0.1, 0.15) is 13.3 Å². The molecule has 0 unspecified atom stereocenters. The van der Waals surface area contributed by atoms with Gasteiger partial charge in [-0.3, -0.25) is 14.9 Å². The van der Waals surface area contributed by atoms with Crippen LogP contribution in [0.2, 0.25) is 0 Å². The second kappa shape index (κ2) is 7.91. The molecular formula is C13H17BrN2O3. The quantitative estimate of drug-likeness (QED) is 0.783. The van der Waals surface area contributed by atoms with Crippen LogP contribution in [0.4, 0.5) is 5.69 Å². The first-order valence-electron chi connectivity index (χ1n) is 5.93. The zero-order chi connectivity index (χ0) is 14.3. The first-order chi connectivity index (χ1) is 9.06. The van der Waals surface area contributed by atoms with Gasteiger partial charge in [0, 0.05) is 10.2 Å². The van der Waals surface area contributed by atoms with Gasteiger partial charge in [-0.1, -0.05) is 22.9 Å². The number of halogens is 1. The van der Waals surface area contributed by atoms with E-state index >= 15 is 0 Å². The maximum Gasteiger partial charge on any atom is 0.322 e. The van der Waals surface area contributed by atoms with Gasteiger partial charge in [-0.05, 0) is 30.7 Å². The average Bonchev–Trinajstić information content (AvgIpc) is 2.41. The van der Waals surface area contributed by atoms with Gasteiger partial charge in [0.25, 0.3) is 0 Å². The molecule has 5 nitrogen and oxygen atoms in total. The molecule has 0 aliphatic rings. The molecule has 0 fully saturated rings. The van der Waals surface area contributed by atoms with Crippen molar-refractivity contribution in [3.8, 4) is 0 Å². The lowest BCUT2D eigenvalue weighted by atomic mass is 10.2. The van der Waals surface area contributed by atoms with E-state index in [1.54, 1.807) is 12.1 Å². The molecule has 0 aliphatic heterocycles. The number of anilines is 1. The van der Waals surface area contributed by atoms with Gasteiger partial charge in [0.1, 0.15) is 6.04 Å². The molecule has 0 spiro atoms. The van der Waals surface area contributed by atoms with Crippen molar-refractivity contribution in [1.29, 1.82) is 0 Å². The Morgan fingerprint density at radius 1 is 1.32 bits per heavy atom. The summed E-state index contributed by atoms with van der Waals surface area (Å²) in [4.78, 5) is 23.0. The van der Waals surface area contributed by atoms with Crippen LogP contribution in [-0.4, -0.2) is 31.6 Å². The minimum atomic E-state index is -0.458. The lowest BCUT2D eigenvalue weighted by Gasteiger charge is -2.14. The minimum absolute atomic E-state index is 0.0592. The van der Waals surface area contributed by atoms with Crippen molar-refractivity contribution in [3.63, 3.8) is 0 Å². The predicted molar refractivity (Wildman–Crippen MR) is 76.9 cm³/mol. The molecule has 19 heavy (non-hydrogen) atoms. The number of methoxy groups -OCH3 is 1.